The lowest BCUT2D eigenvalue weighted by Gasteiger charge is -1.95. The van der Waals surface area contributed by atoms with Gasteiger partial charge in [0.2, 0.25) is 0 Å². The number of amides is 1. The van der Waals surface area contributed by atoms with Gasteiger partial charge >= 0.3 is 6.09 Å². The number of carboxylic acid groups (broad SMARTS) is 1. The van der Waals surface area contributed by atoms with Crippen molar-refractivity contribution in [3.8, 4) is 0 Å². The molecule has 0 aliphatic heterocycles. The number of hydrogen-bond acceptors (Lipinski definition) is 4. The van der Waals surface area contributed by atoms with Crippen LogP contribution >= 0.6 is 25.6 Å². The topological polar surface area (TPSA) is 75.5 Å². The predicted octanol–water partition coefficient (Wildman–Crippen LogP) is 0.818. The van der Waals surface area contributed by atoms with Gasteiger partial charge in [0.25, 0.3) is 0 Å². The average molecular weight is 142 g/mol. The molecule has 0 heterocycles. The Labute approximate surface area is 52.2 Å². The number of hydrogen-bond donors (Lipinski definition) is 4. The van der Waals surface area contributed by atoms with Gasteiger partial charge in [-0.3, -0.25) is 0 Å². The molecule has 4 nitrogen and oxygen atoms in total. The van der Waals surface area contributed by atoms with Crippen LogP contribution in [-0.4, -0.2) is 14.9 Å². The molecule has 0 radical (unpaired) electrons. The van der Waals surface area contributed by atoms with Crippen LogP contribution in [0.3, 0.4) is 0 Å². The maximum atomic E-state index is 9.47. The minimum atomic E-state index is -1.18. The highest BCUT2D eigenvalue weighted by Crippen LogP contribution is 1.94. The number of carbonyl (C=O) groups is 1. The Morgan fingerprint density at radius 1 is 1.57 bits per heavy atom. The molecule has 0 rings (SSSR count). The molecule has 0 bridgehead atoms. The van der Waals surface area contributed by atoms with Crippen LogP contribution in [-0.2, 0) is 0 Å². The molecular formula is CH6N2O2S2. The first-order chi connectivity index (χ1) is 2.64. The number of nitrogens with zero attached hydrogens (tertiary/aromatic N) is 1. The molecule has 4 N–H and O–H groups in total. The first kappa shape index (κ1) is 10.0. The second-order valence-corrected chi connectivity index (χ2v) is 1.69. The van der Waals surface area contributed by atoms with E-state index in [1.165, 1.54) is 0 Å². The summed E-state index contributed by atoms with van der Waals surface area (Å²) in [5.41, 5.74) is 0. The predicted molar refractivity (Wildman–Crippen MR) is 32.9 cm³/mol. The van der Waals surface area contributed by atoms with E-state index in [9.17, 15) is 4.79 Å². The molecule has 0 saturated carbocycles. The fraction of sp³-hybridized carbons (Fsp3) is 0. The molecule has 0 spiro atoms. The van der Waals surface area contributed by atoms with Crippen LogP contribution in [0.15, 0.2) is 0 Å². The highest BCUT2D eigenvalue weighted by molar-refractivity contribution is 7.94. The Kier molecular flexibility index (Phi) is 5.87. The van der Waals surface area contributed by atoms with Gasteiger partial charge in [-0.25, -0.2) is 4.79 Å². The smallest absolute Gasteiger partial charge is 0.427 e. The second kappa shape index (κ2) is 4.10. The molecule has 6 heteroatoms. The van der Waals surface area contributed by atoms with Gasteiger partial charge < -0.3 is 11.3 Å². The summed E-state index contributed by atoms with van der Waals surface area (Å²) < 4.78 is 0.472. The largest absolute Gasteiger partial charge is 0.464 e. The van der Waals surface area contributed by atoms with Crippen molar-refractivity contribution in [3.05, 3.63) is 0 Å². The normalized spacial score (nSPS) is 6.57. The van der Waals surface area contributed by atoms with Gasteiger partial charge in [-0.2, -0.15) is 3.71 Å². The molecule has 0 aromatic carbocycles. The standard InChI is InChI=1S/CH3NO2S2.H3N/c3-1(4)2(5)6;/h5-6H,(H,3,4);1H3. The summed E-state index contributed by atoms with van der Waals surface area (Å²) in [5, 5.41) is 7.76. The first-order valence-electron chi connectivity index (χ1n) is 1.05. The van der Waals surface area contributed by atoms with Crippen LogP contribution in [0.2, 0.25) is 0 Å². The molecule has 0 aromatic heterocycles. The fourth-order valence-corrected chi connectivity index (χ4v) is 0. The van der Waals surface area contributed by atoms with Crippen LogP contribution in [0, 0.1) is 0 Å². The van der Waals surface area contributed by atoms with E-state index in [1.807, 2.05) is 0 Å². The van der Waals surface area contributed by atoms with Crippen molar-refractivity contribution < 1.29 is 9.90 Å². The van der Waals surface area contributed by atoms with Gasteiger partial charge in [0.15, 0.2) is 0 Å². The molecule has 44 valence electrons. The average Bonchev–Trinajstić information content (AvgIpc) is 1.36. The Morgan fingerprint density at radius 2 is 1.71 bits per heavy atom. The van der Waals surface area contributed by atoms with Gasteiger partial charge in [0.05, 0.1) is 0 Å². The Balaban J connectivity index is 0. The molecule has 1 amide bonds. The molecule has 0 saturated heterocycles. The molecule has 0 fully saturated rings. The summed E-state index contributed by atoms with van der Waals surface area (Å²) in [7, 11) is 0. The van der Waals surface area contributed by atoms with Gasteiger partial charge in [-0.05, 0) is 25.6 Å². The van der Waals surface area contributed by atoms with Crippen LogP contribution < -0.4 is 6.15 Å². The van der Waals surface area contributed by atoms with Crippen LogP contribution in [0.4, 0.5) is 4.79 Å². The zero-order valence-corrected chi connectivity index (χ0v) is 5.19. The molecule has 0 aliphatic carbocycles. The van der Waals surface area contributed by atoms with Crippen molar-refractivity contribution in [2.75, 3.05) is 0 Å². The van der Waals surface area contributed by atoms with Crippen molar-refractivity contribution in [1.29, 1.82) is 0 Å². The lowest BCUT2D eigenvalue weighted by atomic mass is 11.3. The van der Waals surface area contributed by atoms with E-state index < -0.39 is 6.09 Å². The van der Waals surface area contributed by atoms with E-state index in [-0.39, 0.29) is 6.15 Å². The molecule has 0 aromatic rings. The zero-order chi connectivity index (χ0) is 5.15. The van der Waals surface area contributed by atoms with Crippen molar-refractivity contribution in [1.82, 2.24) is 9.86 Å². The van der Waals surface area contributed by atoms with E-state index in [0.717, 1.165) is 0 Å². The quantitative estimate of drug-likeness (QED) is 0.378. The highest BCUT2D eigenvalue weighted by Gasteiger charge is 1.95. The van der Waals surface area contributed by atoms with E-state index >= 15 is 0 Å². The van der Waals surface area contributed by atoms with Crippen LogP contribution in [0.1, 0.15) is 0 Å². The molecule has 0 atom stereocenters. The highest BCUT2D eigenvalue weighted by atomic mass is 32.2. The van der Waals surface area contributed by atoms with Crippen molar-refractivity contribution in [3.63, 3.8) is 0 Å². The molecule has 7 heavy (non-hydrogen) atoms. The van der Waals surface area contributed by atoms with Crippen LogP contribution in [0.25, 0.3) is 0 Å². The lowest BCUT2D eigenvalue weighted by molar-refractivity contribution is 0.191. The van der Waals surface area contributed by atoms with Gasteiger partial charge in [0, 0.05) is 0 Å². The van der Waals surface area contributed by atoms with Crippen molar-refractivity contribution >= 4 is 31.7 Å². The Morgan fingerprint density at radius 3 is 1.71 bits per heavy atom. The van der Waals surface area contributed by atoms with E-state index in [2.05, 4.69) is 25.6 Å². The summed E-state index contributed by atoms with van der Waals surface area (Å²) in [6.07, 6.45) is -1.18. The lowest BCUT2D eigenvalue weighted by Crippen LogP contribution is -2.05. The van der Waals surface area contributed by atoms with E-state index in [0.29, 0.717) is 3.71 Å². The van der Waals surface area contributed by atoms with Gasteiger partial charge in [-0.1, -0.05) is 0 Å². The maximum Gasteiger partial charge on any atom is 0.427 e. The summed E-state index contributed by atoms with van der Waals surface area (Å²) in [4.78, 5) is 9.47. The van der Waals surface area contributed by atoms with Crippen LogP contribution in [0.5, 0.6) is 0 Å². The summed E-state index contributed by atoms with van der Waals surface area (Å²) in [6, 6.07) is 0. The van der Waals surface area contributed by atoms with Crippen molar-refractivity contribution in [2.24, 2.45) is 0 Å². The molecular weight excluding hydrogens is 136 g/mol. The summed E-state index contributed by atoms with van der Waals surface area (Å²) in [5.74, 6) is 0. The number of thiol groups is 2. The third-order valence-corrected chi connectivity index (χ3v) is 0.513. The fourth-order valence-electron chi connectivity index (χ4n) is 0. The van der Waals surface area contributed by atoms with Gasteiger partial charge in [-0.15, -0.1) is 0 Å². The third-order valence-electron chi connectivity index (χ3n) is 0.171. The summed E-state index contributed by atoms with van der Waals surface area (Å²) in [6.45, 7) is 0. The molecule has 0 aliphatic rings. The Hall–Kier alpha value is -0.0700. The van der Waals surface area contributed by atoms with E-state index in [4.69, 9.17) is 5.11 Å². The number of rotatable bonds is 0. The minimum absolute atomic E-state index is 0. The van der Waals surface area contributed by atoms with E-state index in [1.54, 1.807) is 0 Å². The van der Waals surface area contributed by atoms with Crippen molar-refractivity contribution in [2.45, 2.75) is 0 Å². The Bertz CT molecular complexity index is 64.7. The van der Waals surface area contributed by atoms with Gasteiger partial charge in [0.1, 0.15) is 0 Å². The molecule has 0 unspecified atom stereocenters. The summed E-state index contributed by atoms with van der Waals surface area (Å²) >= 11 is 6.58. The SMILES string of the molecule is N.O=C(O)N(S)S. The first-order valence-corrected chi connectivity index (χ1v) is 1.85. The zero-order valence-electron chi connectivity index (χ0n) is 3.40. The minimum Gasteiger partial charge on any atom is -0.464 e. The third kappa shape index (κ3) is 5.93. The monoisotopic (exact) mass is 142 g/mol. The second-order valence-electron chi connectivity index (χ2n) is 0.572. The maximum absolute atomic E-state index is 9.47.